The summed E-state index contributed by atoms with van der Waals surface area (Å²) >= 11 is 0. The van der Waals surface area contributed by atoms with Crippen LogP contribution < -0.4 is 5.32 Å². The van der Waals surface area contributed by atoms with Gasteiger partial charge in [0.25, 0.3) is 0 Å². The minimum absolute atomic E-state index is 0.563. The minimum atomic E-state index is 0.563. The van der Waals surface area contributed by atoms with E-state index < -0.39 is 0 Å². The topological polar surface area (TPSA) is 16.4 Å². The van der Waals surface area contributed by atoms with E-state index in [1.807, 2.05) is 0 Å². The van der Waals surface area contributed by atoms with E-state index in [1.165, 1.54) is 0 Å². The SMILES string of the molecule is [C-]#[N+]CCNCC=C. The molecule has 0 fully saturated rings. The molecular weight excluding hydrogens is 100 g/mol. The van der Waals surface area contributed by atoms with Crippen molar-refractivity contribution in [3.8, 4) is 0 Å². The molecule has 0 heterocycles. The third kappa shape index (κ3) is 5.19. The highest BCUT2D eigenvalue weighted by atomic mass is 14.9. The predicted molar refractivity (Wildman–Crippen MR) is 34.5 cm³/mol. The molecule has 0 unspecified atom stereocenters. The largest absolute Gasteiger partial charge is 0.316 e. The zero-order valence-corrected chi connectivity index (χ0v) is 4.85. The fraction of sp³-hybridized carbons (Fsp3) is 0.500. The van der Waals surface area contributed by atoms with Crippen LogP contribution in [0.1, 0.15) is 0 Å². The molecule has 0 aliphatic rings. The summed E-state index contributed by atoms with van der Waals surface area (Å²) in [6.07, 6.45) is 1.78. The molecule has 0 aromatic carbocycles. The molecule has 0 bridgehead atoms. The quantitative estimate of drug-likeness (QED) is 0.320. The molecule has 0 aromatic heterocycles. The molecule has 0 aliphatic carbocycles. The third-order valence-electron chi connectivity index (χ3n) is 0.689. The van der Waals surface area contributed by atoms with Gasteiger partial charge in [0.1, 0.15) is 0 Å². The Hall–Kier alpha value is -0.810. The van der Waals surface area contributed by atoms with E-state index in [9.17, 15) is 0 Å². The van der Waals surface area contributed by atoms with Crippen molar-refractivity contribution in [2.75, 3.05) is 19.6 Å². The third-order valence-corrected chi connectivity index (χ3v) is 0.689. The van der Waals surface area contributed by atoms with Crippen molar-refractivity contribution in [1.29, 1.82) is 0 Å². The van der Waals surface area contributed by atoms with Gasteiger partial charge in [-0.2, -0.15) is 0 Å². The van der Waals surface area contributed by atoms with Crippen LogP contribution in [0, 0.1) is 6.57 Å². The Morgan fingerprint density at radius 2 is 2.50 bits per heavy atom. The Morgan fingerprint density at radius 1 is 1.75 bits per heavy atom. The molecular formula is C6H10N2. The summed E-state index contributed by atoms with van der Waals surface area (Å²) in [7, 11) is 0. The zero-order valence-electron chi connectivity index (χ0n) is 4.85. The normalized spacial score (nSPS) is 7.88. The summed E-state index contributed by atoms with van der Waals surface area (Å²) < 4.78 is 0. The molecule has 0 radical (unpaired) electrons. The molecule has 0 aromatic rings. The first-order chi connectivity index (χ1) is 3.91. The summed E-state index contributed by atoms with van der Waals surface area (Å²) in [4.78, 5) is 3.16. The van der Waals surface area contributed by atoms with Gasteiger partial charge in [-0.3, -0.25) is 0 Å². The highest BCUT2D eigenvalue weighted by molar-refractivity contribution is 4.71. The van der Waals surface area contributed by atoms with Crippen molar-refractivity contribution in [2.45, 2.75) is 0 Å². The van der Waals surface area contributed by atoms with Crippen molar-refractivity contribution < 1.29 is 0 Å². The van der Waals surface area contributed by atoms with Crippen LogP contribution in [-0.2, 0) is 0 Å². The van der Waals surface area contributed by atoms with Crippen molar-refractivity contribution in [1.82, 2.24) is 5.32 Å². The maximum atomic E-state index is 6.40. The molecule has 8 heavy (non-hydrogen) atoms. The second-order valence-electron chi connectivity index (χ2n) is 1.37. The molecule has 0 saturated carbocycles. The number of hydrogen-bond donors (Lipinski definition) is 1. The van der Waals surface area contributed by atoms with Crippen molar-refractivity contribution >= 4 is 0 Å². The lowest BCUT2D eigenvalue weighted by Gasteiger charge is -1.90. The van der Waals surface area contributed by atoms with E-state index in [-0.39, 0.29) is 0 Å². The average Bonchev–Trinajstić information content (AvgIpc) is 1.81. The van der Waals surface area contributed by atoms with Gasteiger partial charge in [0, 0.05) is 6.54 Å². The maximum Gasteiger partial charge on any atom is 0.226 e. The highest BCUT2D eigenvalue weighted by Gasteiger charge is 1.81. The second kappa shape index (κ2) is 6.19. The smallest absolute Gasteiger partial charge is 0.226 e. The van der Waals surface area contributed by atoms with E-state index >= 15 is 0 Å². The Kier molecular flexibility index (Phi) is 5.56. The van der Waals surface area contributed by atoms with Gasteiger partial charge in [-0.05, 0) is 0 Å². The standard InChI is InChI=1S/C6H10N2/c1-3-4-8-6-5-7-2/h3,8H,1,4-6H2. The van der Waals surface area contributed by atoms with Gasteiger partial charge in [0.05, 0.1) is 6.54 Å². The first-order valence-corrected chi connectivity index (χ1v) is 2.56. The Bertz CT molecular complexity index is 91.2. The van der Waals surface area contributed by atoms with Crippen LogP contribution in [-0.4, -0.2) is 19.6 Å². The lowest BCUT2D eigenvalue weighted by atomic mass is 10.6. The minimum Gasteiger partial charge on any atom is -0.316 e. The number of hydrogen-bond acceptors (Lipinski definition) is 1. The first kappa shape index (κ1) is 7.19. The van der Waals surface area contributed by atoms with Gasteiger partial charge in [0.2, 0.25) is 6.54 Å². The van der Waals surface area contributed by atoms with Gasteiger partial charge < -0.3 is 10.2 Å². The average molecular weight is 110 g/mol. The Labute approximate surface area is 50.0 Å². The second-order valence-corrected chi connectivity index (χ2v) is 1.37. The molecule has 2 nitrogen and oxygen atoms in total. The molecule has 44 valence electrons. The van der Waals surface area contributed by atoms with E-state index in [1.54, 1.807) is 6.08 Å². The molecule has 0 amide bonds. The van der Waals surface area contributed by atoms with Gasteiger partial charge >= 0.3 is 0 Å². The lowest BCUT2D eigenvalue weighted by molar-refractivity contribution is 0.785. The van der Waals surface area contributed by atoms with Crippen molar-refractivity contribution in [2.24, 2.45) is 0 Å². The Balaban J connectivity index is 2.74. The molecule has 0 rings (SSSR count). The van der Waals surface area contributed by atoms with E-state index in [4.69, 9.17) is 6.57 Å². The molecule has 0 aliphatic heterocycles. The maximum absolute atomic E-state index is 6.40. The predicted octanol–water partition coefficient (Wildman–Crippen LogP) is 0.681. The Morgan fingerprint density at radius 3 is 3.00 bits per heavy atom. The molecule has 2 heteroatoms. The van der Waals surface area contributed by atoms with Gasteiger partial charge in [0.15, 0.2) is 0 Å². The monoisotopic (exact) mass is 110 g/mol. The summed E-state index contributed by atoms with van der Waals surface area (Å²) in [5.74, 6) is 0. The summed E-state index contributed by atoms with van der Waals surface area (Å²) in [6, 6.07) is 0. The van der Waals surface area contributed by atoms with Gasteiger partial charge in [-0.1, -0.05) is 6.08 Å². The van der Waals surface area contributed by atoms with E-state index in [2.05, 4.69) is 16.7 Å². The van der Waals surface area contributed by atoms with Crippen molar-refractivity contribution in [3.05, 3.63) is 24.1 Å². The zero-order chi connectivity index (χ0) is 6.24. The van der Waals surface area contributed by atoms with Crippen LogP contribution in [0.3, 0.4) is 0 Å². The first-order valence-electron chi connectivity index (χ1n) is 2.56. The van der Waals surface area contributed by atoms with Crippen molar-refractivity contribution in [3.63, 3.8) is 0 Å². The summed E-state index contributed by atoms with van der Waals surface area (Å²) in [5.41, 5.74) is 0. The van der Waals surface area contributed by atoms with Crippen LogP contribution in [0.5, 0.6) is 0 Å². The summed E-state index contributed by atoms with van der Waals surface area (Å²) in [6.45, 7) is 12.1. The van der Waals surface area contributed by atoms with E-state index in [0.29, 0.717) is 6.54 Å². The van der Waals surface area contributed by atoms with Gasteiger partial charge in [-0.15, -0.1) is 6.58 Å². The molecule has 0 saturated heterocycles. The van der Waals surface area contributed by atoms with Gasteiger partial charge in [-0.25, -0.2) is 6.57 Å². The fourth-order valence-electron chi connectivity index (χ4n) is 0.339. The molecule has 0 atom stereocenters. The summed E-state index contributed by atoms with van der Waals surface area (Å²) in [5, 5.41) is 3.00. The number of rotatable bonds is 4. The lowest BCUT2D eigenvalue weighted by Crippen LogP contribution is -2.16. The number of nitrogens with one attached hydrogen (secondary N) is 1. The van der Waals surface area contributed by atoms with Crippen LogP contribution in [0.15, 0.2) is 12.7 Å². The number of nitrogens with zero attached hydrogens (tertiary/aromatic N) is 1. The van der Waals surface area contributed by atoms with Crippen LogP contribution in [0.2, 0.25) is 0 Å². The molecule has 1 N–H and O–H groups in total. The van der Waals surface area contributed by atoms with Crippen LogP contribution in [0.25, 0.3) is 4.85 Å². The van der Waals surface area contributed by atoms with Crippen LogP contribution >= 0.6 is 0 Å². The fourth-order valence-corrected chi connectivity index (χ4v) is 0.339. The van der Waals surface area contributed by atoms with E-state index in [0.717, 1.165) is 13.1 Å². The van der Waals surface area contributed by atoms with Crippen LogP contribution in [0.4, 0.5) is 0 Å². The highest BCUT2D eigenvalue weighted by Crippen LogP contribution is 1.63. The molecule has 0 spiro atoms.